The van der Waals surface area contributed by atoms with Crippen molar-refractivity contribution in [2.24, 2.45) is 0 Å². The molecule has 2 aliphatic rings. The van der Waals surface area contributed by atoms with Crippen LogP contribution in [0.4, 0.5) is 0 Å². The van der Waals surface area contributed by atoms with Crippen molar-refractivity contribution in [1.82, 2.24) is 5.32 Å². The highest BCUT2D eigenvalue weighted by molar-refractivity contribution is 7.92. The lowest BCUT2D eigenvalue weighted by Gasteiger charge is -2.30. The largest absolute Gasteiger partial charge is 0.380 e. The lowest BCUT2D eigenvalue weighted by Crippen LogP contribution is -2.50. The van der Waals surface area contributed by atoms with Gasteiger partial charge in [-0.1, -0.05) is 0 Å². The van der Waals surface area contributed by atoms with Gasteiger partial charge in [0.25, 0.3) is 0 Å². The Labute approximate surface area is 84.9 Å². The Kier molecular flexibility index (Phi) is 2.81. The predicted octanol–water partition coefficient (Wildman–Crippen LogP) is -0.0595. The number of fused-ring (bicyclic) bond motifs is 1. The van der Waals surface area contributed by atoms with E-state index in [1.54, 1.807) is 0 Å². The number of nitrogens with one attached hydrogen (secondary N) is 1. The number of hydrogen-bond donors (Lipinski definition) is 1. The maximum atomic E-state index is 11.9. The molecule has 14 heavy (non-hydrogen) atoms. The maximum Gasteiger partial charge on any atom is 0.157 e. The highest BCUT2D eigenvalue weighted by atomic mass is 32.2. The summed E-state index contributed by atoms with van der Waals surface area (Å²) in [6.45, 7) is 3.09. The Bertz CT molecular complexity index is 301. The third-order valence-electron chi connectivity index (χ3n) is 3.10. The molecule has 82 valence electrons. The molecule has 0 amide bonds. The first kappa shape index (κ1) is 10.4. The van der Waals surface area contributed by atoms with Crippen molar-refractivity contribution in [2.45, 2.75) is 37.1 Å². The van der Waals surface area contributed by atoms with Gasteiger partial charge in [0.05, 0.1) is 17.6 Å². The van der Waals surface area contributed by atoms with Gasteiger partial charge in [0.2, 0.25) is 0 Å². The Balaban J connectivity index is 2.23. The van der Waals surface area contributed by atoms with Gasteiger partial charge in [0.15, 0.2) is 9.84 Å². The molecule has 0 spiro atoms. The Hall–Kier alpha value is -0.130. The van der Waals surface area contributed by atoms with Crippen molar-refractivity contribution in [3.63, 3.8) is 0 Å². The highest BCUT2D eigenvalue weighted by Crippen LogP contribution is 2.21. The van der Waals surface area contributed by atoms with E-state index in [9.17, 15) is 8.42 Å². The number of rotatable bonds is 0. The van der Waals surface area contributed by atoms with Crippen molar-refractivity contribution in [3.05, 3.63) is 0 Å². The number of hydrogen-bond acceptors (Lipinski definition) is 4. The highest BCUT2D eigenvalue weighted by Gasteiger charge is 2.38. The van der Waals surface area contributed by atoms with Crippen LogP contribution in [0.15, 0.2) is 0 Å². The summed E-state index contributed by atoms with van der Waals surface area (Å²) in [6.07, 6.45) is 1.53. The molecule has 3 unspecified atom stereocenters. The van der Waals surface area contributed by atoms with E-state index >= 15 is 0 Å². The van der Waals surface area contributed by atoms with Crippen molar-refractivity contribution >= 4 is 9.84 Å². The fourth-order valence-electron chi connectivity index (χ4n) is 2.20. The van der Waals surface area contributed by atoms with Gasteiger partial charge in [0, 0.05) is 18.7 Å². The van der Waals surface area contributed by atoms with Crippen LogP contribution in [0.5, 0.6) is 0 Å². The first-order valence-electron chi connectivity index (χ1n) is 5.15. The van der Waals surface area contributed by atoms with E-state index < -0.39 is 9.84 Å². The predicted molar refractivity (Wildman–Crippen MR) is 54.0 cm³/mol. The molecule has 0 bridgehead atoms. The number of ether oxygens (including phenoxy) is 1. The minimum atomic E-state index is -2.94. The zero-order valence-corrected chi connectivity index (χ0v) is 9.22. The third kappa shape index (κ3) is 1.94. The molecule has 0 aromatic rings. The van der Waals surface area contributed by atoms with Gasteiger partial charge in [-0.3, -0.25) is 0 Å². The Morgan fingerprint density at radius 1 is 1.36 bits per heavy atom. The molecule has 2 fully saturated rings. The van der Waals surface area contributed by atoms with Crippen LogP contribution >= 0.6 is 0 Å². The molecule has 5 heteroatoms. The van der Waals surface area contributed by atoms with Gasteiger partial charge >= 0.3 is 0 Å². The molecule has 2 saturated heterocycles. The monoisotopic (exact) mass is 219 g/mol. The van der Waals surface area contributed by atoms with E-state index in [0.717, 1.165) is 12.8 Å². The van der Waals surface area contributed by atoms with Gasteiger partial charge in [0.1, 0.15) is 0 Å². The average molecular weight is 219 g/mol. The molecular formula is C9H17NO3S. The number of sulfone groups is 1. The Morgan fingerprint density at radius 2 is 2.14 bits per heavy atom. The molecule has 0 aromatic heterocycles. The fourth-order valence-corrected chi connectivity index (χ4v) is 4.20. The van der Waals surface area contributed by atoms with Crippen LogP contribution in [0.3, 0.4) is 0 Å². The van der Waals surface area contributed by atoms with E-state index in [1.165, 1.54) is 0 Å². The van der Waals surface area contributed by atoms with Crippen molar-refractivity contribution in [1.29, 1.82) is 0 Å². The van der Waals surface area contributed by atoms with Crippen molar-refractivity contribution in [3.8, 4) is 0 Å². The summed E-state index contributed by atoms with van der Waals surface area (Å²) in [4.78, 5) is 0. The second kappa shape index (κ2) is 3.79. The van der Waals surface area contributed by atoms with Gasteiger partial charge in [-0.2, -0.15) is 0 Å². The zero-order chi connectivity index (χ0) is 10.2. The van der Waals surface area contributed by atoms with Crippen LogP contribution < -0.4 is 5.32 Å². The van der Waals surface area contributed by atoms with Crippen LogP contribution in [0.1, 0.15) is 19.8 Å². The van der Waals surface area contributed by atoms with Gasteiger partial charge in [-0.15, -0.1) is 0 Å². The third-order valence-corrected chi connectivity index (χ3v) is 5.29. The molecular weight excluding hydrogens is 202 g/mol. The van der Waals surface area contributed by atoms with Crippen LogP contribution in [0.2, 0.25) is 0 Å². The first-order valence-corrected chi connectivity index (χ1v) is 6.86. The standard InChI is InChI=1S/C9H17NO3S/c1-7-3-5-14(11,12)9-6-13-4-2-8(9)10-7/h7-10H,2-6H2,1H3. The van der Waals surface area contributed by atoms with Gasteiger partial charge < -0.3 is 10.1 Å². The Morgan fingerprint density at radius 3 is 2.93 bits per heavy atom. The maximum absolute atomic E-state index is 11.9. The SMILES string of the molecule is CC1CCS(=O)(=O)C2COCCC2N1. The zero-order valence-electron chi connectivity index (χ0n) is 8.40. The molecule has 2 aliphatic heterocycles. The summed E-state index contributed by atoms with van der Waals surface area (Å²) in [5, 5.41) is 3.06. The summed E-state index contributed by atoms with van der Waals surface area (Å²) in [6, 6.07) is 0.407. The van der Waals surface area contributed by atoms with Crippen LogP contribution in [0.25, 0.3) is 0 Å². The van der Waals surface area contributed by atoms with E-state index in [0.29, 0.717) is 25.0 Å². The molecule has 4 nitrogen and oxygen atoms in total. The topological polar surface area (TPSA) is 55.4 Å². The molecule has 2 rings (SSSR count). The minimum Gasteiger partial charge on any atom is -0.380 e. The van der Waals surface area contributed by atoms with Crippen molar-refractivity contribution in [2.75, 3.05) is 19.0 Å². The quantitative estimate of drug-likeness (QED) is 0.620. The smallest absolute Gasteiger partial charge is 0.157 e. The van der Waals surface area contributed by atoms with E-state index in [-0.39, 0.29) is 11.3 Å². The van der Waals surface area contributed by atoms with E-state index in [1.807, 2.05) is 6.92 Å². The summed E-state index contributed by atoms with van der Waals surface area (Å²) >= 11 is 0. The normalized spacial score (nSPS) is 42.5. The van der Waals surface area contributed by atoms with Gasteiger partial charge in [-0.25, -0.2) is 8.42 Å². The lowest BCUT2D eigenvalue weighted by atomic mass is 10.1. The van der Waals surface area contributed by atoms with Crippen LogP contribution in [0, 0.1) is 0 Å². The van der Waals surface area contributed by atoms with Crippen molar-refractivity contribution < 1.29 is 13.2 Å². The second-order valence-corrected chi connectivity index (χ2v) is 6.57. The summed E-state index contributed by atoms with van der Waals surface area (Å²) < 4.78 is 29.0. The summed E-state index contributed by atoms with van der Waals surface area (Å²) in [5.41, 5.74) is 0. The molecule has 1 N–H and O–H groups in total. The van der Waals surface area contributed by atoms with Crippen LogP contribution in [-0.2, 0) is 14.6 Å². The van der Waals surface area contributed by atoms with E-state index in [4.69, 9.17) is 4.74 Å². The molecule has 0 saturated carbocycles. The van der Waals surface area contributed by atoms with Crippen LogP contribution in [-0.4, -0.2) is 44.7 Å². The minimum absolute atomic E-state index is 0.103. The fraction of sp³-hybridized carbons (Fsp3) is 1.00. The summed E-state index contributed by atoms with van der Waals surface area (Å²) in [5.74, 6) is 0.297. The molecule has 3 atom stereocenters. The molecule has 0 radical (unpaired) electrons. The summed E-state index contributed by atoms with van der Waals surface area (Å²) in [7, 11) is -2.94. The van der Waals surface area contributed by atoms with Gasteiger partial charge in [-0.05, 0) is 19.8 Å². The second-order valence-electron chi connectivity index (χ2n) is 4.23. The lowest BCUT2D eigenvalue weighted by molar-refractivity contribution is 0.0796. The molecule has 0 aromatic carbocycles. The average Bonchev–Trinajstić information content (AvgIpc) is 2.25. The molecule has 0 aliphatic carbocycles. The molecule has 2 heterocycles. The first-order chi connectivity index (χ1) is 6.59. The van der Waals surface area contributed by atoms with E-state index in [2.05, 4.69) is 5.32 Å².